The molecule has 0 unspecified atom stereocenters. The van der Waals surface area contributed by atoms with Gasteiger partial charge in [-0.2, -0.15) is 0 Å². The van der Waals surface area contributed by atoms with Gasteiger partial charge >= 0.3 is 5.88 Å². The highest BCUT2D eigenvalue weighted by molar-refractivity contribution is 5.91. The minimum Gasteiger partial charge on any atom is -0.454 e. The Morgan fingerprint density at radius 3 is 2.77 bits per heavy atom. The average molecular weight is 304 g/mol. The molecule has 1 aliphatic rings. The number of amides is 1. The fraction of sp³-hybridized carbons (Fsp3) is 0.214. The molecule has 0 N–H and O–H groups in total. The van der Waals surface area contributed by atoms with Gasteiger partial charge in [-0.05, 0) is 23.8 Å². The monoisotopic (exact) mass is 304 g/mol. The minimum atomic E-state index is -0.686. The molecule has 0 aliphatic carbocycles. The number of carbonyl (C=O) groups excluding carboxylic acids is 1. The Kier molecular flexibility index (Phi) is 3.42. The Labute approximate surface area is 125 Å². The van der Waals surface area contributed by atoms with Crippen LogP contribution >= 0.6 is 0 Å². The van der Waals surface area contributed by atoms with E-state index in [0.717, 1.165) is 11.6 Å². The SMILES string of the molecule is CN(Cc1ccc2c(c1)OCO2)C(=O)c1ccc([N+](=O)[O-])o1. The van der Waals surface area contributed by atoms with E-state index in [1.807, 2.05) is 6.07 Å². The van der Waals surface area contributed by atoms with Crippen LogP contribution in [0.1, 0.15) is 16.1 Å². The van der Waals surface area contributed by atoms with Gasteiger partial charge in [0.15, 0.2) is 17.3 Å². The minimum absolute atomic E-state index is 0.0741. The summed E-state index contributed by atoms with van der Waals surface area (Å²) >= 11 is 0. The van der Waals surface area contributed by atoms with Crippen LogP contribution in [-0.2, 0) is 6.54 Å². The third-order valence-electron chi connectivity index (χ3n) is 3.19. The van der Waals surface area contributed by atoms with Crippen molar-refractivity contribution in [3.63, 3.8) is 0 Å². The van der Waals surface area contributed by atoms with E-state index >= 15 is 0 Å². The Morgan fingerprint density at radius 1 is 1.27 bits per heavy atom. The molecule has 0 radical (unpaired) electrons. The summed E-state index contributed by atoms with van der Waals surface area (Å²) in [5.41, 5.74) is 0.848. The molecular formula is C14H12N2O6. The number of nitro groups is 1. The van der Waals surface area contributed by atoms with Gasteiger partial charge in [0.2, 0.25) is 6.79 Å². The van der Waals surface area contributed by atoms with Gasteiger partial charge in [-0.3, -0.25) is 14.9 Å². The molecule has 2 aromatic rings. The number of hydrogen-bond donors (Lipinski definition) is 0. The molecule has 8 nitrogen and oxygen atoms in total. The predicted octanol–water partition coefficient (Wildman–Crippen LogP) is 2.19. The maximum atomic E-state index is 12.2. The van der Waals surface area contributed by atoms with E-state index in [0.29, 0.717) is 18.0 Å². The Hall–Kier alpha value is -3.03. The van der Waals surface area contributed by atoms with Gasteiger partial charge in [0.25, 0.3) is 5.91 Å². The maximum Gasteiger partial charge on any atom is 0.433 e. The summed E-state index contributed by atoms with van der Waals surface area (Å²) in [7, 11) is 1.58. The molecule has 0 bridgehead atoms. The zero-order valence-electron chi connectivity index (χ0n) is 11.6. The van der Waals surface area contributed by atoms with E-state index in [-0.39, 0.29) is 12.6 Å². The summed E-state index contributed by atoms with van der Waals surface area (Å²) in [6.07, 6.45) is 0. The molecule has 1 aromatic carbocycles. The van der Waals surface area contributed by atoms with Crippen molar-refractivity contribution >= 4 is 11.8 Å². The molecule has 0 fully saturated rings. The van der Waals surface area contributed by atoms with Crippen LogP contribution in [0.4, 0.5) is 5.88 Å². The second-order valence-electron chi connectivity index (χ2n) is 4.74. The van der Waals surface area contributed by atoms with Crippen LogP contribution < -0.4 is 9.47 Å². The van der Waals surface area contributed by atoms with Crippen LogP contribution in [-0.4, -0.2) is 29.6 Å². The number of benzene rings is 1. The summed E-state index contributed by atoms with van der Waals surface area (Å²) in [4.78, 5) is 23.5. The molecule has 1 aliphatic heterocycles. The lowest BCUT2D eigenvalue weighted by Gasteiger charge is -2.15. The normalized spacial score (nSPS) is 12.2. The number of carbonyl (C=O) groups is 1. The second kappa shape index (κ2) is 5.40. The van der Waals surface area contributed by atoms with Crippen molar-refractivity contribution in [1.82, 2.24) is 4.90 Å². The number of ether oxygens (including phenoxy) is 2. The van der Waals surface area contributed by atoms with E-state index in [9.17, 15) is 14.9 Å². The summed E-state index contributed by atoms with van der Waals surface area (Å²) in [5.74, 6) is 0.326. The van der Waals surface area contributed by atoms with Crippen molar-refractivity contribution in [2.45, 2.75) is 6.54 Å². The summed E-state index contributed by atoms with van der Waals surface area (Å²) in [6, 6.07) is 7.82. The molecule has 3 rings (SSSR count). The fourth-order valence-corrected chi connectivity index (χ4v) is 2.11. The lowest BCUT2D eigenvalue weighted by molar-refractivity contribution is -0.402. The zero-order valence-corrected chi connectivity index (χ0v) is 11.6. The first kappa shape index (κ1) is 13.9. The lowest BCUT2D eigenvalue weighted by Crippen LogP contribution is -2.25. The van der Waals surface area contributed by atoms with E-state index in [4.69, 9.17) is 13.9 Å². The smallest absolute Gasteiger partial charge is 0.433 e. The van der Waals surface area contributed by atoms with Gasteiger partial charge in [0.05, 0.1) is 6.07 Å². The molecule has 22 heavy (non-hydrogen) atoms. The van der Waals surface area contributed by atoms with Crippen LogP contribution in [0.15, 0.2) is 34.7 Å². The highest BCUT2D eigenvalue weighted by atomic mass is 16.7. The van der Waals surface area contributed by atoms with Crippen LogP contribution in [0, 0.1) is 10.1 Å². The van der Waals surface area contributed by atoms with Gasteiger partial charge < -0.3 is 18.8 Å². The van der Waals surface area contributed by atoms with Crippen LogP contribution in [0.25, 0.3) is 0 Å². The van der Waals surface area contributed by atoms with Gasteiger partial charge in [0, 0.05) is 13.6 Å². The van der Waals surface area contributed by atoms with Crippen molar-refractivity contribution < 1.29 is 23.6 Å². The van der Waals surface area contributed by atoms with E-state index in [1.165, 1.54) is 11.0 Å². The van der Waals surface area contributed by atoms with Crippen molar-refractivity contribution in [3.8, 4) is 11.5 Å². The van der Waals surface area contributed by atoms with Crippen LogP contribution in [0.2, 0.25) is 0 Å². The molecule has 0 saturated heterocycles. The first-order chi connectivity index (χ1) is 10.5. The molecule has 0 atom stereocenters. The summed E-state index contributed by atoms with van der Waals surface area (Å²) < 4.78 is 15.4. The highest BCUT2D eigenvalue weighted by Gasteiger charge is 2.21. The number of rotatable bonds is 4. The Morgan fingerprint density at radius 2 is 2.05 bits per heavy atom. The van der Waals surface area contributed by atoms with Crippen molar-refractivity contribution in [3.05, 3.63) is 51.8 Å². The van der Waals surface area contributed by atoms with E-state index < -0.39 is 16.7 Å². The van der Waals surface area contributed by atoms with Crippen LogP contribution in [0.3, 0.4) is 0 Å². The number of fused-ring (bicyclic) bond motifs is 1. The van der Waals surface area contributed by atoms with Gasteiger partial charge in [0.1, 0.15) is 4.92 Å². The standard InChI is InChI=1S/C14H12N2O6/c1-15(14(17)11-4-5-13(22-11)16(18)19)7-9-2-3-10-12(6-9)21-8-20-10/h2-6H,7-8H2,1H3. The van der Waals surface area contributed by atoms with Gasteiger partial charge in [-0.1, -0.05) is 6.07 Å². The van der Waals surface area contributed by atoms with Crippen molar-refractivity contribution in [2.24, 2.45) is 0 Å². The number of hydrogen-bond acceptors (Lipinski definition) is 6. The summed E-state index contributed by atoms with van der Waals surface area (Å²) in [6.45, 7) is 0.494. The molecule has 8 heteroatoms. The molecule has 114 valence electrons. The third-order valence-corrected chi connectivity index (χ3v) is 3.19. The Bertz CT molecular complexity index is 739. The quantitative estimate of drug-likeness (QED) is 0.634. The zero-order chi connectivity index (χ0) is 15.7. The maximum absolute atomic E-state index is 12.2. The lowest BCUT2D eigenvalue weighted by atomic mass is 10.2. The molecule has 0 saturated carbocycles. The van der Waals surface area contributed by atoms with E-state index in [1.54, 1.807) is 19.2 Å². The van der Waals surface area contributed by atoms with Gasteiger partial charge in [-0.15, -0.1) is 0 Å². The summed E-state index contributed by atoms with van der Waals surface area (Å²) in [5, 5.41) is 10.6. The largest absolute Gasteiger partial charge is 0.454 e. The fourth-order valence-electron chi connectivity index (χ4n) is 2.11. The van der Waals surface area contributed by atoms with Gasteiger partial charge in [-0.25, -0.2) is 0 Å². The molecule has 2 heterocycles. The number of nitrogens with zero attached hydrogens (tertiary/aromatic N) is 2. The Balaban J connectivity index is 1.71. The number of furan rings is 1. The molecule has 1 aromatic heterocycles. The molecular weight excluding hydrogens is 292 g/mol. The van der Waals surface area contributed by atoms with E-state index in [2.05, 4.69) is 0 Å². The van der Waals surface area contributed by atoms with Crippen molar-refractivity contribution in [2.75, 3.05) is 13.8 Å². The first-order valence-corrected chi connectivity index (χ1v) is 6.43. The van der Waals surface area contributed by atoms with Crippen molar-refractivity contribution in [1.29, 1.82) is 0 Å². The second-order valence-corrected chi connectivity index (χ2v) is 4.74. The van der Waals surface area contributed by atoms with Crippen LogP contribution in [0.5, 0.6) is 11.5 Å². The third kappa shape index (κ3) is 2.58. The topological polar surface area (TPSA) is 95.0 Å². The highest BCUT2D eigenvalue weighted by Crippen LogP contribution is 2.32. The molecule has 0 spiro atoms. The molecule has 1 amide bonds. The predicted molar refractivity (Wildman–Crippen MR) is 73.7 cm³/mol. The average Bonchev–Trinajstić information content (AvgIpc) is 3.15. The first-order valence-electron chi connectivity index (χ1n) is 6.43.